The number of carbonyl (C=O) groups excluding carboxylic acids is 4. The number of anilines is 1. The molecule has 1 N–H and O–H groups in total. The Bertz CT molecular complexity index is 760. The topological polar surface area (TPSA) is 92.8 Å². The maximum Gasteiger partial charge on any atom is 0.308 e. The fourth-order valence-electron chi connectivity index (χ4n) is 4.12. The van der Waals surface area contributed by atoms with Crippen LogP contribution < -0.4 is 5.32 Å². The highest BCUT2D eigenvalue weighted by atomic mass is 16.5. The van der Waals surface area contributed by atoms with E-state index in [2.05, 4.69) is 5.32 Å². The highest BCUT2D eigenvalue weighted by molar-refractivity contribution is 6.05. The van der Waals surface area contributed by atoms with Crippen molar-refractivity contribution < 1.29 is 23.9 Å². The molecular formula is C21H26N2O5. The van der Waals surface area contributed by atoms with Gasteiger partial charge in [-0.1, -0.05) is 18.9 Å². The van der Waals surface area contributed by atoms with Crippen LogP contribution in [-0.2, 0) is 23.9 Å². The first-order chi connectivity index (χ1) is 13.3. The van der Waals surface area contributed by atoms with Crippen molar-refractivity contribution in [2.45, 2.75) is 46.0 Å². The Balaban J connectivity index is 1.43. The molecule has 0 aromatic heterocycles. The average molecular weight is 386 g/mol. The molecule has 1 heterocycles. The van der Waals surface area contributed by atoms with E-state index in [-0.39, 0.29) is 36.6 Å². The number of ether oxygens (including phenoxy) is 1. The van der Waals surface area contributed by atoms with Crippen molar-refractivity contribution in [1.29, 1.82) is 0 Å². The first-order valence-electron chi connectivity index (χ1n) is 9.74. The van der Waals surface area contributed by atoms with Gasteiger partial charge in [-0.05, 0) is 49.9 Å². The van der Waals surface area contributed by atoms with Gasteiger partial charge in [0, 0.05) is 12.2 Å². The normalized spacial score (nSPS) is 21.4. The van der Waals surface area contributed by atoms with Crippen molar-refractivity contribution in [3.05, 3.63) is 29.3 Å². The second-order valence-corrected chi connectivity index (χ2v) is 7.66. The zero-order chi connectivity index (χ0) is 20.3. The summed E-state index contributed by atoms with van der Waals surface area (Å²) in [5, 5.41) is 2.69. The Morgan fingerprint density at radius 1 is 1.04 bits per heavy atom. The maximum atomic E-state index is 12.4. The molecule has 7 nitrogen and oxygen atoms in total. The molecule has 3 amide bonds. The van der Waals surface area contributed by atoms with Gasteiger partial charge in [-0.3, -0.25) is 24.1 Å². The van der Waals surface area contributed by atoms with E-state index < -0.39 is 18.5 Å². The Hall–Kier alpha value is -2.70. The minimum Gasteiger partial charge on any atom is -0.456 e. The summed E-state index contributed by atoms with van der Waals surface area (Å²) >= 11 is 0. The van der Waals surface area contributed by atoms with Crippen LogP contribution in [0.1, 0.15) is 43.2 Å². The number of likely N-dealkylation sites (tertiary alicyclic amines) is 1. The molecule has 2 atom stereocenters. The number of fused-ring (bicyclic) bond motifs is 1. The molecule has 150 valence electrons. The van der Waals surface area contributed by atoms with E-state index in [1.54, 1.807) is 0 Å². The van der Waals surface area contributed by atoms with Crippen LogP contribution in [0.5, 0.6) is 0 Å². The molecule has 1 saturated carbocycles. The van der Waals surface area contributed by atoms with Crippen LogP contribution in [0.4, 0.5) is 5.69 Å². The van der Waals surface area contributed by atoms with Crippen molar-refractivity contribution in [3.63, 3.8) is 0 Å². The Labute approximate surface area is 164 Å². The lowest BCUT2D eigenvalue weighted by molar-refractivity contribution is -0.148. The molecule has 0 spiro atoms. The van der Waals surface area contributed by atoms with E-state index >= 15 is 0 Å². The summed E-state index contributed by atoms with van der Waals surface area (Å²) in [6.45, 7) is 3.47. The second kappa shape index (κ2) is 8.54. The number of aryl methyl sites for hydroxylation is 2. The van der Waals surface area contributed by atoms with Crippen LogP contribution >= 0.6 is 0 Å². The van der Waals surface area contributed by atoms with Crippen LogP contribution in [0.15, 0.2) is 18.2 Å². The number of carbonyl (C=O) groups is 4. The first kappa shape index (κ1) is 20.0. The van der Waals surface area contributed by atoms with E-state index in [4.69, 9.17) is 4.74 Å². The summed E-state index contributed by atoms with van der Waals surface area (Å²) in [6, 6.07) is 5.65. The lowest BCUT2D eigenvalue weighted by Crippen LogP contribution is -2.33. The number of amides is 3. The third kappa shape index (κ3) is 4.58. The predicted octanol–water partition coefficient (Wildman–Crippen LogP) is 2.35. The van der Waals surface area contributed by atoms with Gasteiger partial charge in [-0.15, -0.1) is 0 Å². The fourth-order valence-corrected chi connectivity index (χ4v) is 4.12. The first-order valence-corrected chi connectivity index (χ1v) is 9.74. The van der Waals surface area contributed by atoms with Crippen LogP contribution in [0.2, 0.25) is 0 Å². The Morgan fingerprint density at radius 3 is 2.18 bits per heavy atom. The van der Waals surface area contributed by atoms with Crippen LogP contribution in [0.25, 0.3) is 0 Å². The zero-order valence-corrected chi connectivity index (χ0v) is 16.3. The summed E-state index contributed by atoms with van der Waals surface area (Å²) < 4.78 is 4.99. The fraction of sp³-hybridized carbons (Fsp3) is 0.524. The number of nitrogens with zero attached hydrogens (tertiary/aromatic N) is 1. The molecule has 2 aliphatic rings. The van der Waals surface area contributed by atoms with Gasteiger partial charge in [0.2, 0.25) is 11.8 Å². The SMILES string of the molecule is Cc1cc(C)cc(NC(=O)COC(=O)CCN2C(=O)[C@H]3CCCC[C@@H]3C2=O)c1. The van der Waals surface area contributed by atoms with E-state index in [9.17, 15) is 19.2 Å². The minimum atomic E-state index is -0.606. The van der Waals surface area contributed by atoms with E-state index in [1.165, 1.54) is 4.90 Å². The van der Waals surface area contributed by atoms with Crippen LogP contribution in [0.3, 0.4) is 0 Å². The van der Waals surface area contributed by atoms with Crippen molar-refractivity contribution in [2.75, 3.05) is 18.5 Å². The largest absolute Gasteiger partial charge is 0.456 e. The van der Waals surface area contributed by atoms with Gasteiger partial charge in [0.1, 0.15) is 0 Å². The third-order valence-electron chi connectivity index (χ3n) is 5.34. The van der Waals surface area contributed by atoms with Gasteiger partial charge >= 0.3 is 5.97 Å². The predicted molar refractivity (Wildman–Crippen MR) is 102 cm³/mol. The highest BCUT2D eigenvalue weighted by Gasteiger charge is 2.47. The molecule has 28 heavy (non-hydrogen) atoms. The number of hydrogen-bond donors (Lipinski definition) is 1. The molecule has 0 bridgehead atoms. The minimum absolute atomic E-state index is 0.0161. The number of esters is 1. The molecule has 7 heteroatoms. The summed E-state index contributed by atoms with van der Waals surface area (Å²) in [6.07, 6.45) is 3.31. The summed E-state index contributed by atoms with van der Waals surface area (Å²) in [5.41, 5.74) is 2.69. The summed E-state index contributed by atoms with van der Waals surface area (Å²) in [5.74, 6) is -1.82. The van der Waals surface area contributed by atoms with Gasteiger partial charge in [0.15, 0.2) is 6.61 Å². The molecule has 1 saturated heterocycles. The lowest BCUT2D eigenvalue weighted by atomic mass is 9.81. The maximum absolute atomic E-state index is 12.4. The molecule has 1 aromatic rings. The zero-order valence-electron chi connectivity index (χ0n) is 16.3. The van der Waals surface area contributed by atoms with Gasteiger partial charge in [0.25, 0.3) is 5.91 Å². The number of imide groups is 1. The number of nitrogens with one attached hydrogen (secondary N) is 1. The molecule has 2 fully saturated rings. The monoisotopic (exact) mass is 386 g/mol. The second-order valence-electron chi connectivity index (χ2n) is 7.66. The van der Waals surface area contributed by atoms with Crippen LogP contribution in [0, 0.1) is 25.7 Å². The third-order valence-corrected chi connectivity index (χ3v) is 5.34. The molecule has 3 rings (SSSR count). The number of rotatable bonds is 6. The van der Waals surface area contributed by atoms with Gasteiger partial charge in [-0.25, -0.2) is 0 Å². The van der Waals surface area contributed by atoms with Crippen molar-refractivity contribution in [2.24, 2.45) is 11.8 Å². The molecule has 0 radical (unpaired) electrons. The van der Waals surface area contributed by atoms with Crippen molar-refractivity contribution in [3.8, 4) is 0 Å². The van der Waals surface area contributed by atoms with Gasteiger partial charge < -0.3 is 10.1 Å². The standard InChI is InChI=1S/C21H26N2O5/c1-13-9-14(2)11-15(10-13)22-18(24)12-28-19(25)7-8-23-20(26)16-5-3-4-6-17(16)21(23)27/h9-11,16-17H,3-8,12H2,1-2H3,(H,22,24)/t16-,17-/m0/s1. The molecule has 1 aromatic carbocycles. The number of benzene rings is 1. The molecule has 1 aliphatic carbocycles. The Morgan fingerprint density at radius 2 is 1.61 bits per heavy atom. The molecule has 1 aliphatic heterocycles. The van der Waals surface area contributed by atoms with Crippen molar-refractivity contribution in [1.82, 2.24) is 4.90 Å². The molecular weight excluding hydrogens is 360 g/mol. The summed E-state index contributed by atoms with van der Waals surface area (Å²) in [7, 11) is 0. The lowest BCUT2D eigenvalue weighted by Gasteiger charge is -2.19. The molecule has 0 unspecified atom stereocenters. The quantitative estimate of drug-likeness (QED) is 0.598. The highest BCUT2D eigenvalue weighted by Crippen LogP contribution is 2.37. The van der Waals surface area contributed by atoms with E-state index in [0.717, 1.165) is 36.8 Å². The van der Waals surface area contributed by atoms with E-state index in [0.29, 0.717) is 5.69 Å². The Kier molecular flexibility index (Phi) is 6.11. The smallest absolute Gasteiger partial charge is 0.308 e. The van der Waals surface area contributed by atoms with Crippen LogP contribution in [-0.4, -0.2) is 41.7 Å². The van der Waals surface area contributed by atoms with E-state index in [1.807, 2.05) is 32.0 Å². The van der Waals surface area contributed by atoms with Gasteiger partial charge in [0.05, 0.1) is 18.3 Å². The van der Waals surface area contributed by atoms with Crippen molar-refractivity contribution >= 4 is 29.4 Å². The number of hydrogen-bond acceptors (Lipinski definition) is 5. The average Bonchev–Trinajstić information content (AvgIpc) is 2.88. The van der Waals surface area contributed by atoms with Gasteiger partial charge in [-0.2, -0.15) is 0 Å². The summed E-state index contributed by atoms with van der Waals surface area (Å²) in [4.78, 5) is 49.9.